The van der Waals surface area contributed by atoms with Gasteiger partial charge in [0.25, 0.3) is 0 Å². The molecule has 0 saturated heterocycles. The molecule has 6 nitrogen and oxygen atoms in total. The first-order chi connectivity index (χ1) is 8.43. The Bertz CT molecular complexity index is 464. The van der Waals surface area contributed by atoms with Gasteiger partial charge in [0.2, 0.25) is 0 Å². The monoisotopic (exact) mass is 256 g/mol. The van der Waals surface area contributed by atoms with Gasteiger partial charge in [-0.3, -0.25) is 4.79 Å². The van der Waals surface area contributed by atoms with E-state index in [0.717, 1.165) is 6.07 Å². The molecule has 7 heteroatoms. The Morgan fingerprint density at radius 3 is 2.67 bits per heavy atom. The lowest BCUT2D eigenvalue weighted by molar-refractivity contribution is -0.138. The van der Waals surface area contributed by atoms with Crippen LogP contribution < -0.4 is 15.4 Å². The molecule has 0 aliphatic carbocycles. The van der Waals surface area contributed by atoms with E-state index in [1.165, 1.54) is 26.2 Å². The van der Waals surface area contributed by atoms with Gasteiger partial charge < -0.3 is 20.5 Å². The van der Waals surface area contributed by atoms with Crippen LogP contribution in [0.25, 0.3) is 0 Å². The predicted molar refractivity (Wildman–Crippen MR) is 62.2 cm³/mol. The van der Waals surface area contributed by atoms with E-state index in [4.69, 9.17) is 9.84 Å². The quantitative estimate of drug-likeness (QED) is 0.760. The number of rotatable bonds is 4. The van der Waals surface area contributed by atoms with E-state index < -0.39 is 23.9 Å². The van der Waals surface area contributed by atoms with Crippen molar-refractivity contribution in [1.82, 2.24) is 5.32 Å². The second-order valence-corrected chi connectivity index (χ2v) is 3.51. The number of anilines is 1. The Hall–Kier alpha value is -2.31. The minimum atomic E-state index is -1.15. The molecule has 98 valence electrons. The molecule has 0 spiro atoms. The SMILES string of the molecule is COc1cc(NC(=O)N[C@@H](C)C(=O)O)ccc1F. The van der Waals surface area contributed by atoms with Crippen LogP contribution in [0.3, 0.4) is 0 Å². The summed E-state index contributed by atoms with van der Waals surface area (Å²) in [7, 11) is 1.30. The number of benzene rings is 1. The zero-order valence-electron chi connectivity index (χ0n) is 9.86. The van der Waals surface area contributed by atoms with Crippen LogP contribution in [0.15, 0.2) is 18.2 Å². The van der Waals surface area contributed by atoms with Gasteiger partial charge in [-0.15, -0.1) is 0 Å². The maximum Gasteiger partial charge on any atom is 0.325 e. The first kappa shape index (κ1) is 13.8. The van der Waals surface area contributed by atoms with Crippen LogP contribution in [0.5, 0.6) is 5.75 Å². The second-order valence-electron chi connectivity index (χ2n) is 3.51. The van der Waals surface area contributed by atoms with E-state index in [-0.39, 0.29) is 5.75 Å². The number of aliphatic carboxylic acids is 1. The molecular formula is C11H13FN2O4. The van der Waals surface area contributed by atoms with E-state index in [9.17, 15) is 14.0 Å². The Balaban J connectivity index is 2.67. The van der Waals surface area contributed by atoms with Gasteiger partial charge in [0, 0.05) is 11.8 Å². The standard InChI is InChI=1S/C11H13FN2O4/c1-6(10(15)16)13-11(17)14-7-3-4-8(12)9(5-7)18-2/h3-6H,1-2H3,(H,15,16)(H2,13,14,17)/t6-/m0/s1. The van der Waals surface area contributed by atoms with Crippen molar-refractivity contribution in [3.05, 3.63) is 24.0 Å². The normalized spacial score (nSPS) is 11.5. The summed E-state index contributed by atoms with van der Waals surface area (Å²) in [5.74, 6) is -1.72. The molecule has 1 aromatic rings. The smallest absolute Gasteiger partial charge is 0.325 e. The number of hydrogen-bond acceptors (Lipinski definition) is 3. The number of carbonyl (C=O) groups is 2. The Morgan fingerprint density at radius 1 is 1.44 bits per heavy atom. The summed E-state index contributed by atoms with van der Waals surface area (Å²) in [6, 6.07) is 2.05. The number of nitrogens with one attached hydrogen (secondary N) is 2. The lowest BCUT2D eigenvalue weighted by Gasteiger charge is -2.11. The van der Waals surface area contributed by atoms with Gasteiger partial charge in [0.1, 0.15) is 6.04 Å². The van der Waals surface area contributed by atoms with Crippen molar-refractivity contribution in [2.75, 3.05) is 12.4 Å². The maximum absolute atomic E-state index is 13.1. The van der Waals surface area contributed by atoms with E-state index in [0.29, 0.717) is 5.69 Å². The molecule has 0 unspecified atom stereocenters. The van der Waals surface area contributed by atoms with E-state index in [2.05, 4.69) is 10.6 Å². The maximum atomic E-state index is 13.1. The lowest BCUT2D eigenvalue weighted by atomic mass is 10.3. The summed E-state index contributed by atoms with van der Waals surface area (Å²) in [6.07, 6.45) is 0. The molecule has 0 aliphatic heterocycles. The molecule has 2 amide bonds. The summed E-state index contributed by atoms with van der Waals surface area (Å²) in [6.45, 7) is 1.33. The summed E-state index contributed by atoms with van der Waals surface area (Å²) in [5, 5.41) is 13.2. The topological polar surface area (TPSA) is 87.7 Å². The first-order valence-electron chi connectivity index (χ1n) is 5.08. The van der Waals surface area contributed by atoms with Gasteiger partial charge in [0.05, 0.1) is 7.11 Å². The van der Waals surface area contributed by atoms with Crippen LogP contribution in [-0.2, 0) is 4.79 Å². The highest BCUT2D eigenvalue weighted by atomic mass is 19.1. The van der Waals surface area contributed by atoms with Crippen molar-refractivity contribution in [3.63, 3.8) is 0 Å². The third-order valence-electron chi connectivity index (χ3n) is 2.13. The molecule has 0 heterocycles. The fraction of sp³-hybridized carbons (Fsp3) is 0.273. The van der Waals surface area contributed by atoms with Crippen LogP contribution in [0.1, 0.15) is 6.92 Å². The molecule has 1 rings (SSSR count). The Morgan fingerprint density at radius 2 is 2.11 bits per heavy atom. The predicted octanol–water partition coefficient (Wildman–Crippen LogP) is 1.43. The number of amides is 2. The number of hydrogen-bond donors (Lipinski definition) is 3. The van der Waals surface area contributed by atoms with Gasteiger partial charge in [-0.2, -0.15) is 0 Å². The third kappa shape index (κ3) is 3.62. The highest BCUT2D eigenvalue weighted by molar-refractivity contribution is 5.92. The molecule has 3 N–H and O–H groups in total. The number of ether oxygens (including phenoxy) is 1. The zero-order valence-corrected chi connectivity index (χ0v) is 9.86. The molecule has 0 fully saturated rings. The van der Waals surface area contributed by atoms with Crippen molar-refractivity contribution in [1.29, 1.82) is 0 Å². The summed E-state index contributed by atoms with van der Waals surface area (Å²) in [5.41, 5.74) is 0.295. The van der Waals surface area contributed by atoms with Crippen LogP contribution in [0, 0.1) is 5.82 Å². The van der Waals surface area contributed by atoms with E-state index >= 15 is 0 Å². The first-order valence-corrected chi connectivity index (χ1v) is 5.08. The number of urea groups is 1. The molecule has 0 aliphatic rings. The van der Waals surface area contributed by atoms with Crippen molar-refractivity contribution in [2.24, 2.45) is 0 Å². The summed E-state index contributed by atoms with van der Waals surface area (Å²) < 4.78 is 17.8. The Labute approximate surface area is 103 Å². The molecule has 18 heavy (non-hydrogen) atoms. The lowest BCUT2D eigenvalue weighted by Crippen LogP contribution is -2.40. The minimum Gasteiger partial charge on any atom is -0.494 e. The molecule has 0 bridgehead atoms. The molecule has 0 radical (unpaired) electrons. The van der Waals surface area contributed by atoms with E-state index in [1.807, 2.05) is 0 Å². The van der Waals surface area contributed by atoms with Gasteiger partial charge in [-0.05, 0) is 19.1 Å². The number of methoxy groups -OCH3 is 1. The fourth-order valence-corrected chi connectivity index (χ4v) is 1.16. The number of halogens is 1. The van der Waals surface area contributed by atoms with Gasteiger partial charge >= 0.3 is 12.0 Å². The van der Waals surface area contributed by atoms with Gasteiger partial charge in [-0.1, -0.05) is 0 Å². The van der Waals surface area contributed by atoms with Crippen LogP contribution >= 0.6 is 0 Å². The highest BCUT2D eigenvalue weighted by Crippen LogP contribution is 2.21. The van der Waals surface area contributed by atoms with Crippen LogP contribution in [0.2, 0.25) is 0 Å². The molecule has 0 aromatic heterocycles. The van der Waals surface area contributed by atoms with Crippen LogP contribution in [-0.4, -0.2) is 30.3 Å². The highest BCUT2D eigenvalue weighted by Gasteiger charge is 2.14. The minimum absolute atomic E-state index is 0.0147. The summed E-state index contributed by atoms with van der Waals surface area (Å²) in [4.78, 5) is 21.9. The largest absolute Gasteiger partial charge is 0.494 e. The number of carbonyl (C=O) groups excluding carboxylic acids is 1. The average molecular weight is 256 g/mol. The zero-order chi connectivity index (χ0) is 13.7. The van der Waals surface area contributed by atoms with E-state index in [1.54, 1.807) is 0 Å². The second kappa shape index (κ2) is 5.85. The molecular weight excluding hydrogens is 243 g/mol. The Kier molecular flexibility index (Phi) is 4.47. The molecule has 1 atom stereocenters. The number of carboxylic acids is 1. The molecule has 1 aromatic carbocycles. The number of carboxylic acid groups (broad SMARTS) is 1. The van der Waals surface area contributed by atoms with Gasteiger partial charge in [0.15, 0.2) is 11.6 Å². The van der Waals surface area contributed by atoms with Crippen molar-refractivity contribution < 1.29 is 23.8 Å². The molecule has 0 saturated carbocycles. The van der Waals surface area contributed by atoms with Crippen molar-refractivity contribution >= 4 is 17.7 Å². The third-order valence-corrected chi connectivity index (χ3v) is 2.13. The van der Waals surface area contributed by atoms with Crippen LogP contribution in [0.4, 0.5) is 14.9 Å². The van der Waals surface area contributed by atoms with Crippen molar-refractivity contribution in [2.45, 2.75) is 13.0 Å². The fourth-order valence-electron chi connectivity index (χ4n) is 1.16. The summed E-state index contributed by atoms with van der Waals surface area (Å²) >= 11 is 0. The van der Waals surface area contributed by atoms with Crippen molar-refractivity contribution in [3.8, 4) is 5.75 Å². The van der Waals surface area contributed by atoms with Gasteiger partial charge in [-0.25, -0.2) is 9.18 Å². The average Bonchev–Trinajstić information content (AvgIpc) is 2.31.